The minimum absolute atomic E-state index is 0.180. The Morgan fingerprint density at radius 2 is 2.14 bits per heavy atom. The van der Waals surface area contributed by atoms with E-state index in [1.54, 1.807) is 24.4 Å². The SMILES string of the molecule is COc1c(OC(C)=O)ccc2c1NC(=CC(=O)c1cccnc1)N1CCN=C21. The average molecular weight is 378 g/mol. The number of hydrogen-bond donors (Lipinski definition) is 1. The van der Waals surface area contributed by atoms with Crippen molar-refractivity contribution in [1.82, 2.24) is 9.88 Å². The van der Waals surface area contributed by atoms with E-state index < -0.39 is 5.97 Å². The zero-order valence-electron chi connectivity index (χ0n) is 15.4. The van der Waals surface area contributed by atoms with E-state index in [1.165, 1.54) is 26.3 Å². The van der Waals surface area contributed by atoms with E-state index >= 15 is 0 Å². The van der Waals surface area contributed by atoms with Gasteiger partial charge in [-0.05, 0) is 24.3 Å². The van der Waals surface area contributed by atoms with Crippen LogP contribution in [0.2, 0.25) is 0 Å². The van der Waals surface area contributed by atoms with E-state index in [9.17, 15) is 9.59 Å². The summed E-state index contributed by atoms with van der Waals surface area (Å²) in [5.41, 5.74) is 1.90. The molecule has 1 N–H and O–H groups in total. The van der Waals surface area contributed by atoms with Crippen molar-refractivity contribution in [3.05, 3.63) is 59.7 Å². The zero-order chi connectivity index (χ0) is 19.7. The van der Waals surface area contributed by atoms with Crippen LogP contribution in [0.4, 0.5) is 5.69 Å². The molecule has 0 aliphatic carbocycles. The lowest BCUT2D eigenvalue weighted by Crippen LogP contribution is -2.36. The van der Waals surface area contributed by atoms with Gasteiger partial charge in [0.05, 0.1) is 19.3 Å². The minimum Gasteiger partial charge on any atom is -0.491 e. The summed E-state index contributed by atoms with van der Waals surface area (Å²) >= 11 is 0. The van der Waals surface area contributed by atoms with Gasteiger partial charge in [-0.2, -0.15) is 0 Å². The lowest BCUT2D eigenvalue weighted by Gasteiger charge is -2.32. The van der Waals surface area contributed by atoms with Crippen LogP contribution in [0.5, 0.6) is 11.5 Å². The third-order valence-electron chi connectivity index (χ3n) is 4.42. The number of ketones is 1. The first kappa shape index (κ1) is 17.7. The van der Waals surface area contributed by atoms with Crippen LogP contribution in [0.3, 0.4) is 0 Å². The van der Waals surface area contributed by atoms with Gasteiger partial charge < -0.3 is 19.7 Å². The molecule has 0 atom stereocenters. The summed E-state index contributed by atoms with van der Waals surface area (Å²) in [7, 11) is 1.50. The molecule has 0 saturated heterocycles. The quantitative estimate of drug-likeness (QED) is 0.377. The van der Waals surface area contributed by atoms with Crippen LogP contribution in [0, 0.1) is 0 Å². The van der Waals surface area contributed by atoms with Crippen molar-refractivity contribution in [3.63, 3.8) is 0 Å². The van der Waals surface area contributed by atoms with Gasteiger partial charge in [0.25, 0.3) is 0 Å². The second-order valence-electron chi connectivity index (χ2n) is 6.23. The number of ether oxygens (including phenoxy) is 2. The first-order valence-electron chi connectivity index (χ1n) is 8.73. The second-order valence-corrected chi connectivity index (χ2v) is 6.23. The smallest absolute Gasteiger partial charge is 0.308 e. The fourth-order valence-corrected chi connectivity index (χ4v) is 3.25. The number of hydrogen-bond acceptors (Lipinski definition) is 8. The van der Waals surface area contributed by atoms with Crippen molar-refractivity contribution < 1.29 is 19.1 Å². The Balaban J connectivity index is 1.78. The first-order chi connectivity index (χ1) is 13.6. The Bertz CT molecular complexity index is 1010. The van der Waals surface area contributed by atoms with Gasteiger partial charge in [-0.25, -0.2) is 0 Å². The molecule has 142 valence electrons. The van der Waals surface area contributed by atoms with E-state index in [-0.39, 0.29) is 5.78 Å². The Hall–Kier alpha value is -3.68. The van der Waals surface area contributed by atoms with E-state index in [2.05, 4.69) is 15.3 Å². The maximum atomic E-state index is 12.7. The van der Waals surface area contributed by atoms with E-state index in [4.69, 9.17) is 9.47 Å². The fourth-order valence-electron chi connectivity index (χ4n) is 3.25. The number of benzene rings is 1. The average Bonchev–Trinajstić information content (AvgIpc) is 3.18. The van der Waals surface area contributed by atoms with Gasteiger partial charge >= 0.3 is 5.97 Å². The van der Waals surface area contributed by atoms with Gasteiger partial charge in [-0.3, -0.25) is 19.6 Å². The lowest BCUT2D eigenvalue weighted by molar-refractivity contribution is -0.132. The van der Waals surface area contributed by atoms with E-state index in [1.807, 2.05) is 11.0 Å². The largest absolute Gasteiger partial charge is 0.491 e. The number of methoxy groups -OCH3 is 1. The van der Waals surface area contributed by atoms with Crippen LogP contribution < -0.4 is 14.8 Å². The van der Waals surface area contributed by atoms with Crippen molar-refractivity contribution in [2.24, 2.45) is 4.99 Å². The number of rotatable bonds is 4. The van der Waals surface area contributed by atoms with Crippen molar-refractivity contribution in [3.8, 4) is 11.5 Å². The van der Waals surface area contributed by atoms with Gasteiger partial charge in [0.15, 0.2) is 17.3 Å². The number of allylic oxidation sites excluding steroid dienone is 1. The maximum absolute atomic E-state index is 12.7. The van der Waals surface area contributed by atoms with Gasteiger partial charge in [0.2, 0.25) is 0 Å². The molecular formula is C20H18N4O4. The molecule has 0 spiro atoms. The van der Waals surface area contributed by atoms with Crippen LogP contribution in [0.1, 0.15) is 22.8 Å². The third-order valence-corrected chi connectivity index (χ3v) is 4.42. The summed E-state index contributed by atoms with van der Waals surface area (Å²) in [6, 6.07) is 6.92. The number of pyridine rings is 1. The van der Waals surface area contributed by atoms with Gasteiger partial charge in [0.1, 0.15) is 11.7 Å². The van der Waals surface area contributed by atoms with Crippen molar-refractivity contribution in [2.45, 2.75) is 6.92 Å². The maximum Gasteiger partial charge on any atom is 0.308 e. The van der Waals surface area contributed by atoms with Gasteiger partial charge in [0, 0.05) is 43.1 Å². The number of aliphatic imine (C=N–C) groups is 1. The number of esters is 1. The fraction of sp³-hybridized carbons (Fsp3) is 0.200. The van der Waals surface area contributed by atoms with Gasteiger partial charge in [-0.15, -0.1) is 0 Å². The van der Waals surface area contributed by atoms with Crippen LogP contribution in [-0.2, 0) is 4.79 Å². The number of nitrogens with one attached hydrogen (secondary N) is 1. The number of amidine groups is 1. The highest BCUT2D eigenvalue weighted by molar-refractivity contribution is 6.11. The summed E-state index contributed by atoms with van der Waals surface area (Å²) in [4.78, 5) is 34.6. The van der Waals surface area contributed by atoms with E-state index in [0.717, 1.165) is 11.4 Å². The molecule has 8 heteroatoms. The summed E-state index contributed by atoms with van der Waals surface area (Å²) < 4.78 is 10.7. The Labute approximate surface area is 161 Å². The first-order valence-corrected chi connectivity index (χ1v) is 8.73. The molecule has 0 bridgehead atoms. The molecule has 8 nitrogen and oxygen atoms in total. The predicted molar refractivity (Wildman–Crippen MR) is 103 cm³/mol. The number of anilines is 1. The molecule has 1 aromatic heterocycles. The number of carbonyl (C=O) groups excluding carboxylic acids is 2. The molecule has 0 amide bonds. The lowest BCUT2D eigenvalue weighted by atomic mass is 10.1. The molecule has 28 heavy (non-hydrogen) atoms. The minimum atomic E-state index is -0.448. The van der Waals surface area contributed by atoms with Crippen LogP contribution in [-0.4, -0.2) is 47.7 Å². The molecule has 2 aliphatic rings. The highest BCUT2D eigenvalue weighted by atomic mass is 16.6. The Morgan fingerprint density at radius 1 is 1.29 bits per heavy atom. The standard InChI is InChI=1S/C20H18N4O4/c1-12(25)28-16-6-5-14-18(19(16)27-2)23-17(24-9-8-22-20(14)24)10-15(26)13-4-3-7-21-11-13/h3-7,10-11,23H,8-9H2,1-2H3. The van der Waals surface area contributed by atoms with E-state index in [0.29, 0.717) is 41.7 Å². The van der Waals surface area contributed by atoms with Crippen molar-refractivity contribution >= 4 is 23.3 Å². The Kier molecular flexibility index (Phi) is 4.52. The van der Waals surface area contributed by atoms with Crippen molar-refractivity contribution in [1.29, 1.82) is 0 Å². The van der Waals surface area contributed by atoms with Crippen LogP contribution >= 0.6 is 0 Å². The molecule has 2 aliphatic heterocycles. The molecule has 0 saturated carbocycles. The second kappa shape index (κ2) is 7.15. The van der Waals surface area contributed by atoms with Crippen LogP contribution in [0.25, 0.3) is 0 Å². The molecule has 4 rings (SSSR count). The molecule has 1 aromatic carbocycles. The predicted octanol–water partition coefficient (Wildman–Crippen LogP) is 2.23. The Morgan fingerprint density at radius 3 is 2.86 bits per heavy atom. The van der Waals surface area contributed by atoms with Gasteiger partial charge in [-0.1, -0.05) is 0 Å². The number of nitrogens with zero attached hydrogens (tertiary/aromatic N) is 3. The third kappa shape index (κ3) is 3.09. The molecule has 0 radical (unpaired) electrons. The summed E-state index contributed by atoms with van der Waals surface area (Å²) in [6.07, 6.45) is 4.65. The molecular weight excluding hydrogens is 360 g/mol. The van der Waals surface area contributed by atoms with Crippen LogP contribution in [0.15, 0.2) is 53.5 Å². The normalized spacial score (nSPS) is 16.0. The topological polar surface area (TPSA) is 93.1 Å². The molecule has 0 fully saturated rings. The summed E-state index contributed by atoms with van der Waals surface area (Å²) in [6.45, 7) is 2.60. The molecule has 0 unspecified atom stereocenters. The highest BCUT2D eigenvalue weighted by Gasteiger charge is 2.33. The number of carbonyl (C=O) groups is 2. The number of fused-ring (bicyclic) bond motifs is 3. The highest BCUT2D eigenvalue weighted by Crippen LogP contribution is 2.43. The monoisotopic (exact) mass is 378 g/mol. The number of aromatic nitrogens is 1. The van der Waals surface area contributed by atoms with Crippen molar-refractivity contribution in [2.75, 3.05) is 25.5 Å². The summed E-state index contributed by atoms with van der Waals surface area (Å²) in [5.74, 6) is 1.37. The molecule has 2 aromatic rings. The zero-order valence-corrected chi connectivity index (χ0v) is 15.4. The summed E-state index contributed by atoms with van der Waals surface area (Å²) in [5, 5.41) is 3.25. The molecule has 3 heterocycles.